The molecule has 0 aromatic carbocycles. The maximum absolute atomic E-state index is 10.6. The highest BCUT2D eigenvalue weighted by atomic mass is 16.4. The minimum atomic E-state index is -0.893. The molecule has 0 bridgehead atoms. The van der Waals surface area contributed by atoms with Crippen LogP contribution in [0.4, 0.5) is 0 Å². The number of carboxylic acids is 1. The summed E-state index contributed by atoms with van der Waals surface area (Å²) in [4.78, 5) is 24.0. The number of rotatable bonds is 6. The quantitative estimate of drug-likeness (QED) is 0.725. The molecule has 0 aliphatic rings. The fourth-order valence-corrected chi connectivity index (χ4v) is 2.34. The van der Waals surface area contributed by atoms with Crippen LogP contribution in [0.2, 0.25) is 0 Å². The molecule has 3 aromatic heterocycles. The normalized spacial score (nSPS) is 10.5. The number of aromatic nitrogens is 3. The van der Waals surface area contributed by atoms with Crippen molar-refractivity contribution in [3.8, 4) is 22.8 Å². The van der Waals surface area contributed by atoms with E-state index >= 15 is 0 Å². The number of hydrogen-bond acceptors (Lipinski definition) is 5. The van der Waals surface area contributed by atoms with Gasteiger partial charge >= 0.3 is 5.97 Å². The molecule has 0 saturated heterocycles. The van der Waals surface area contributed by atoms with Gasteiger partial charge in [0.15, 0.2) is 0 Å². The van der Waals surface area contributed by atoms with Gasteiger partial charge in [-0.1, -0.05) is 18.2 Å². The van der Waals surface area contributed by atoms with Crippen LogP contribution in [0.15, 0.2) is 60.9 Å². The van der Waals surface area contributed by atoms with Crippen molar-refractivity contribution in [3.05, 3.63) is 66.5 Å². The average Bonchev–Trinajstić information content (AvgIpc) is 2.63. The number of aliphatic carboxylic acids is 1. The van der Waals surface area contributed by atoms with Gasteiger partial charge in [0.05, 0.1) is 29.3 Å². The molecule has 0 amide bonds. The van der Waals surface area contributed by atoms with Crippen molar-refractivity contribution >= 4 is 5.97 Å². The summed E-state index contributed by atoms with van der Waals surface area (Å²) in [6, 6.07) is 15.1. The third kappa shape index (κ3) is 3.80. The van der Waals surface area contributed by atoms with E-state index in [1.54, 1.807) is 12.4 Å². The second-order valence-electron chi connectivity index (χ2n) is 5.13. The lowest BCUT2D eigenvalue weighted by molar-refractivity contribution is -0.135. The molecule has 6 heteroatoms. The maximum atomic E-state index is 10.6. The molecule has 24 heavy (non-hydrogen) atoms. The molecular weight excluding hydrogens is 304 g/mol. The van der Waals surface area contributed by atoms with Crippen molar-refractivity contribution in [1.29, 1.82) is 0 Å². The van der Waals surface area contributed by atoms with E-state index in [1.165, 1.54) is 0 Å². The molecule has 0 aliphatic carbocycles. The van der Waals surface area contributed by atoms with Gasteiger partial charge in [0.2, 0.25) is 0 Å². The zero-order valence-corrected chi connectivity index (χ0v) is 12.9. The molecule has 0 spiro atoms. The first-order chi connectivity index (χ1) is 11.7. The average molecular weight is 320 g/mol. The highest BCUT2D eigenvalue weighted by Crippen LogP contribution is 2.22. The van der Waals surface area contributed by atoms with Gasteiger partial charge in [0.1, 0.15) is 0 Å². The van der Waals surface area contributed by atoms with E-state index < -0.39 is 5.97 Å². The van der Waals surface area contributed by atoms with Crippen molar-refractivity contribution in [1.82, 2.24) is 20.3 Å². The van der Waals surface area contributed by atoms with E-state index in [0.29, 0.717) is 6.54 Å². The van der Waals surface area contributed by atoms with Gasteiger partial charge < -0.3 is 10.4 Å². The van der Waals surface area contributed by atoms with Crippen LogP contribution >= 0.6 is 0 Å². The van der Waals surface area contributed by atoms with Crippen molar-refractivity contribution in [2.24, 2.45) is 0 Å². The smallest absolute Gasteiger partial charge is 0.317 e. The summed E-state index contributed by atoms with van der Waals surface area (Å²) < 4.78 is 0. The van der Waals surface area contributed by atoms with E-state index in [2.05, 4.69) is 20.3 Å². The highest BCUT2D eigenvalue weighted by molar-refractivity contribution is 5.69. The monoisotopic (exact) mass is 320 g/mol. The fraction of sp³-hybridized carbons (Fsp3) is 0.111. The number of nitrogens with zero attached hydrogens (tertiary/aromatic N) is 3. The predicted octanol–water partition coefficient (Wildman–Crippen LogP) is 2.38. The molecular formula is C18H16N4O2. The van der Waals surface area contributed by atoms with E-state index in [-0.39, 0.29) is 6.54 Å². The van der Waals surface area contributed by atoms with Gasteiger partial charge in [0.25, 0.3) is 0 Å². The number of nitrogens with one attached hydrogen (secondary N) is 1. The Kier molecular flexibility index (Phi) is 4.88. The molecule has 120 valence electrons. The van der Waals surface area contributed by atoms with Gasteiger partial charge in [-0.05, 0) is 35.9 Å². The van der Waals surface area contributed by atoms with Crippen LogP contribution in [-0.4, -0.2) is 32.6 Å². The summed E-state index contributed by atoms with van der Waals surface area (Å²) in [5.41, 5.74) is 3.91. The molecule has 6 nitrogen and oxygen atoms in total. The summed E-state index contributed by atoms with van der Waals surface area (Å²) in [5.74, 6) is -0.893. The minimum absolute atomic E-state index is 0.101. The van der Waals surface area contributed by atoms with Gasteiger partial charge in [-0.25, -0.2) is 4.98 Å². The van der Waals surface area contributed by atoms with Gasteiger partial charge in [-0.3, -0.25) is 14.8 Å². The molecule has 3 rings (SSSR count). The zero-order chi connectivity index (χ0) is 16.8. The number of pyridine rings is 3. The Morgan fingerprint density at radius 1 is 0.917 bits per heavy atom. The van der Waals surface area contributed by atoms with Gasteiger partial charge in [0, 0.05) is 18.9 Å². The SMILES string of the molecule is O=C(O)CNCc1cccnc1-c1cccc(-c2ccccn2)n1. The minimum Gasteiger partial charge on any atom is -0.480 e. The standard InChI is InChI=1S/C18H16N4O2/c23-17(24)12-19-11-13-5-4-10-21-18(13)16-8-3-7-15(22-16)14-6-1-2-9-20-14/h1-10,19H,11-12H2,(H,23,24). The molecule has 0 atom stereocenters. The van der Waals surface area contributed by atoms with E-state index in [9.17, 15) is 4.79 Å². The van der Waals surface area contributed by atoms with Crippen LogP contribution in [-0.2, 0) is 11.3 Å². The van der Waals surface area contributed by atoms with Crippen LogP contribution in [0.3, 0.4) is 0 Å². The molecule has 0 fully saturated rings. The number of hydrogen-bond donors (Lipinski definition) is 2. The number of carbonyl (C=O) groups is 1. The first-order valence-electron chi connectivity index (χ1n) is 7.49. The molecule has 3 aromatic rings. The topological polar surface area (TPSA) is 88.0 Å². The predicted molar refractivity (Wildman–Crippen MR) is 90.0 cm³/mol. The van der Waals surface area contributed by atoms with Crippen LogP contribution in [0.1, 0.15) is 5.56 Å². The Morgan fingerprint density at radius 3 is 2.50 bits per heavy atom. The first-order valence-corrected chi connectivity index (χ1v) is 7.49. The fourth-order valence-electron chi connectivity index (χ4n) is 2.34. The van der Waals surface area contributed by atoms with Crippen LogP contribution in [0.5, 0.6) is 0 Å². The summed E-state index contributed by atoms with van der Waals surface area (Å²) in [6.45, 7) is 0.306. The van der Waals surface area contributed by atoms with Crippen molar-refractivity contribution in [3.63, 3.8) is 0 Å². The van der Waals surface area contributed by atoms with Gasteiger partial charge in [-0.15, -0.1) is 0 Å². The second kappa shape index (κ2) is 7.43. The molecule has 3 heterocycles. The van der Waals surface area contributed by atoms with Crippen molar-refractivity contribution in [2.75, 3.05) is 6.54 Å². The van der Waals surface area contributed by atoms with Crippen LogP contribution in [0.25, 0.3) is 22.8 Å². The Morgan fingerprint density at radius 2 is 1.71 bits per heavy atom. The lowest BCUT2D eigenvalue weighted by Gasteiger charge is -2.09. The molecule has 0 unspecified atom stereocenters. The van der Waals surface area contributed by atoms with Crippen molar-refractivity contribution < 1.29 is 9.90 Å². The first kappa shape index (κ1) is 15.8. The third-order valence-electron chi connectivity index (χ3n) is 3.40. The molecule has 0 aliphatic heterocycles. The van der Waals surface area contributed by atoms with Crippen LogP contribution < -0.4 is 5.32 Å². The summed E-state index contributed by atoms with van der Waals surface area (Å²) in [6.07, 6.45) is 3.43. The number of carboxylic acid groups (broad SMARTS) is 1. The largest absolute Gasteiger partial charge is 0.480 e. The molecule has 2 N–H and O–H groups in total. The Hall–Kier alpha value is -3.12. The zero-order valence-electron chi connectivity index (χ0n) is 12.9. The van der Waals surface area contributed by atoms with Crippen molar-refractivity contribution in [2.45, 2.75) is 6.54 Å². The maximum Gasteiger partial charge on any atom is 0.317 e. The summed E-state index contributed by atoms with van der Waals surface area (Å²) in [7, 11) is 0. The Bertz CT molecular complexity index is 837. The third-order valence-corrected chi connectivity index (χ3v) is 3.40. The summed E-state index contributed by atoms with van der Waals surface area (Å²) in [5, 5.41) is 11.6. The van der Waals surface area contributed by atoms with Gasteiger partial charge in [-0.2, -0.15) is 0 Å². The van der Waals surface area contributed by atoms with E-state index in [0.717, 1.165) is 28.3 Å². The highest BCUT2D eigenvalue weighted by Gasteiger charge is 2.10. The van der Waals surface area contributed by atoms with E-state index in [4.69, 9.17) is 5.11 Å². The second-order valence-corrected chi connectivity index (χ2v) is 5.13. The Labute approximate surface area is 139 Å². The lowest BCUT2D eigenvalue weighted by atomic mass is 10.1. The Balaban J connectivity index is 1.91. The van der Waals surface area contributed by atoms with E-state index in [1.807, 2.05) is 48.5 Å². The molecule has 0 radical (unpaired) electrons. The van der Waals surface area contributed by atoms with Crippen LogP contribution in [0, 0.1) is 0 Å². The molecule has 0 saturated carbocycles. The summed E-state index contributed by atoms with van der Waals surface area (Å²) >= 11 is 0. The lowest BCUT2D eigenvalue weighted by Crippen LogP contribution is -2.22.